The highest BCUT2D eigenvalue weighted by Gasteiger charge is 2.36. The molecule has 0 atom stereocenters. The average molecular weight is 312 g/mol. The molecule has 0 saturated carbocycles. The minimum Gasteiger partial charge on any atom is -0.302 e. The van der Waals surface area contributed by atoms with Crippen LogP contribution in [0, 0.1) is 5.41 Å². The second kappa shape index (κ2) is 5.57. The van der Waals surface area contributed by atoms with Crippen LogP contribution < -0.4 is 10.4 Å². The lowest BCUT2D eigenvalue weighted by molar-refractivity contribution is -0.122. The third-order valence-corrected chi connectivity index (χ3v) is 4.83. The number of benzene rings is 3. The standard InChI is InChI=1S/C22H16O2/c23-14-22(15-24)13-12-17-7-2-4-10-19(17)21(22)20-11-5-8-16-6-1-3-9-18(16)20/h1-12,14-15H,13H2. The molecule has 0 amide bonds. The maximum atomic E-state index is 12.0. The van der Waals surface area contributed by atoms with E-state index in [1.165, 1.54) is 0 Å². The van der Waals surface area contributed by atoms with Crippen LogP contribution in [0.15, 0.2) is 66.7 Å². The van der Waals surface area contributed by atoms with Gasteiger partial charge in [-0.3, -0.25) is 0 Å². The molecule has 0 saturated heterocycles. The van der Waals surface area contributed by atoms with Crippen LogP contribution in [0.5, 0.6) is 0 Å². The van der Waals surface area contributed by atoms with E-state index in [9.17, 15) is 9.59 Å². The fraction of sp³-hybridized carbons (Fsp3) is 0.0909. The fourth-order valence-corrected chi connectivity index (χ4v) is 3.62. The number of fused-ring (bicyclic) bond motifs is 2. The quantitative estimate of drug-likeness (QED) is 0.550. The van der Waals surface area contributed by atoms with Gasteiger partial charge in [0.05, 0.1) is 0 Å². The molecule has 0 N–H and O–H groups in total. The molecule has 24 heavy (non-hydrogen) atoms. The molecule has 3 aromatic carbocycles. The Morgan fingerprint density at radius 3 is 2.33 bits per heavy atom. The minimum absolute atomic E-state index is 0.398. The molecule has 0 radical (unpaired) electrons. The Morgan fingerprint density at radius 2 is 1.50 bits per heavy atom. The summed E-state index contributed by atoms with van der Waals surface area (Å²) in [5.74, 6) is 0. The second-order valence-corrected chi connectivity index (χ2v) is 6.17. The second-order valence-electron chi connectivity index (χ2n) is 6.17. The zero-order chi connectivity index (χ0) is 16.6. The van der Waals surface area contributed by atoms with Gasteiger partial charge in [0.2, 0.25) is 0 Å². The Kier molecular flexibility index (Phi) is 3.39. The predicted molar refractivity (Wildman–Crippen MR) is 95.8 cm³/mol. The molecule has 1 aliphatic rings. The van der Waals surface area contributed by atoms with Crippen molar-refractivity contribution in [3.8, 4) is 0 Å². The molecule has 0 unspecified atom stereocenters. The van der Waals surface area contributed by atoms with E-state index in [2.05, 4.69) is 0 Å². The zero-order valence-electron chi connectivity index (χ0n) is 13.1. The van der Waals surface area contributed by atoms with Crippen molar-refractivity contribution in [1.82, 2.24) is 0 Å². The maximum Gasteiger partial charge on any atom is 0.138 e. The van der Waals surface area contributed by atoms with Crippen LogP contribution in [0.4, 0.5) is 0 Å². The van der Waals surface area contributed by atoms with Crippen molar-refractivity contribution in [2.24, 2.45) is 5.41 Å². The molecule has 3 aromatic rings. The van der Waals surface area contributed by atoms with Gasteiger partial charge in [0.25, 0.3) is 0 Å². The number of carbonyl (C=O) groups excluding carboxylic acids is 2. The lowest BCUT2D eigenvalue weighted by Crippen LogP contribution is -2.41. The van der Waals surface area contributed by atoms with Crippen LogP contribution in [-0.2, 0) is 9.59 Å². The molecule has 0 aliphatic heterocycles. The normalized spacial score (nSPS) is 15.4. The van der Waals surface area contributed by atoms with E-state index >= 15 is 0 Å². The first-order valence-corrected chi connectivity index (χ1v) is 8.00. The van der Waals surface area contributed by atoms with E-state index in [4.69, 9.17) is 0 Å². The number of rotatable bonds is 3. The van der Waals surface area contributed by atoms with Gasteiger partial charge in [-0.15, -0.1) is 0 Å². The monoisotopic (exact) mass is 312 g/mol. The van der Waals surface area contributed by atoms with Crippen LogP contribution in [0.3, 0.4) is 0 Å². The van der Waals surface area contributed by atoms with Crippen LogP contribution in [-0.4, -0.2) is 12.6 Å². The highest BCUT2D eigenvalue weighted by atomic mass is 16.1. The smallest absolute Gasteiger partial charge is 0.138 e. The van der Waals surface area contributed by atoms with Crippen molar-refractivity contribution >= 4 is 35.0 Å². The van der Waals surface area contributed by atoms with Gasteiger partial charge >= 0.3 is 0 Å². The molecule has 1 aliphatic carbocycles. The van der Waals surface area contributed by atoms with Crippen molar-refractivity contribution in [3.05, 3.63) is 82.7 Å². The van der Waals surface area contributed by atoms with Crippen LogP contribution in [0.2, 0.25) is 0 Å². The highest BCUT2D eigenvalue weighted by Crippen LogP contribution is 2.37. The molecule has 0 bridgehead atoms. The van der Waals surface area contributed by atoms with Crippen molar-refractivity contribution in [3.63, 3.8) is 0 Å². The topological polar surface area (TPSA) is 34.1 Å². The summed E-state index contributed by atoms with van der Waals surface area (Å²) in [6, 6.07) is 22.0. The first-order valence-electron chi connectivity index (χ1n) is 8.00. The van der Waals surface area contributed by atoms with Crippen LogP contribution in [0.25, 0.3) is 22.4 Å². The van der Waals surface area contributed by atoms with Crippen molar-refractivity contribution in [1.29, 1.82) is 0 Å². The van der Waals surface area contributed by atoms with Gasteiger partial charge in [0.1, 0.15) is 18.0 Å². The molecular weight excluding hydrogens is 296 g/mol. The van der Waals surface area contributed by atoms with Gasteiger partial charge in [-0.1, -0.05) is 72.8 Å². The molecule has 2 heteroatoms. The lowest BCUT2D eigenvalue weighted by atomic mass is 9.72. The summed E-state index contributed by atoms with van der Waals surface area (Å²) >= 11 is 0. The van der Waals surface area contributed by atoms with Gasteiger partial charge in [-0.2, -0.15) is 0 Å². The summed E-state index contributed by atoms with van der Waals surface area (Å²) in [5.41, 5.74) is 0.633. The van der Waals surface area contributed by atoms with Gasteiger partial charge in [-0.05, 0) is 38.8 Å². The molecule has 2 nitrogen and oxygen atoms in total. The summed E-state index contributed by atoms with van der Waals surface area (Å²) in [7, 11) is 0. The van der Waals surface area contributed by atoms with Crippen LogP contribution in [0.1, 0.15) is 12.0 Å². The lowest BCUT2D eigenvalue weighted by Gasteiger charge is -2.28. The zero-order valence-corrected chi connectivity index (χ0v) is 13.1. The van der Waals surface area contributed by atoms with Gasteiger partial charge in [0.15, 0.2) is 0 Å². The van der Waals surface area contributed by atoms with Gasteiger partial charge in [0, 0.05) is 0 Å². The molecule has 4 rings (SSSR count). The Balaban J connectivity index is 2.22. The first-order chi connectivity index (χ1) is 11.8. The van der Waals surface area contributed by atoms with Crippen molar-refractivity contribution in [2.75, 3.05) is 0 Å². The maximum absolute atomic E-state index is 12.0. The van der Waals surface area contributed by atoms with Crippen LogP contribution >= 0.6 is 0 Å². The Labute approximate surface area is 139 Å². The molecule has 0 spiro atoms. The Bertz CT molecular complexity index is 1060. The van der Waals surface area contributed by atoms with Gasteiger partial charge < -0.3 is 9.59 Å². The summed E-state index contributed by atoms with van der Waals surface area (Å²) < 4.78 is 0. The minimum atomic E-state index is -1.13. The van der Waals surface area contributed by atoms with E-state index in [0.29, 0.717) is 6.42 Å². The molecule has 0 heterocycles. The third-order valence-electron chi connectivity index (χ3n) is 4.83. The first kappa shape index (κ1) is 14.6. The van der Waals surface area contributed by atoms with Crippen molar-refractivity contribution in [2.45, 2.75) is 6.42 Å². The number of carbonyl (C=O) groups is 2. The van der Waals surface area contributed by atoms with E-state index in [1.54, 1.807) is 0 Å². The Morgan fingerprint density at radius 1 is 0.792 bits per heavy atom. The average Bonchev–Trinajstić information content (AvgIpc) is 2.66. The fourth-order valence-electron chi connectivity index (χ4n) is 3.62. The van der Waals surface area contributed by atoms with E-state index < -0.39 is 5.41 Å². The molecule has 0 aromatic heterocycles. The van der Waals surface area contributed by atoms with Gasteiger partial charge in [-0.25, -0.2) is 0 Å². The Hall–Kier alpha value is -3.00. The van der Waals surface area contributed by atoms with E-state index in [1.807, 2.05) is 72.8 Å². The third kappa shape index (κ3) is 2.04. The van der Waals surface area contributed by atoms with Crippen molar-refractivity contribution < 1.29 is 9.59 Å². The number of hydrogen-bond acceptors (Lipinski definition) is 2. The molecular formula is C22H16O2. The van der Waals surface area contributed by atoms with E-state index in [-0.39, 0.29) is 0 Å². The number of aldehydes is 2. The summed E-state index contributed by atoms with van der Waals surface area (Å²) in [6.07, 6.45) is 3.97. The summed E-state index contributed by atoms with van der Waals surface area (Å²) in [4.78, 5) is 23.9. The molecule has 0 fully saturated rings. The summed E-state index contributed by atoms with van der Waals surface area (Å²) in [5, 5.41) is 4.18. The SMILES string of the molecule is O=CC1(C=O)CC=c2ccccc2=C1c1cccc2ccccc12. The number of hydrogen-bond donors (Lipinski definition) is 0. The highest BCUT2D eigenvalue weighted by molar-refractivity contribution is 6.07. The summed E-state index contributed by atoms with van der Waals surface area (Å²) in [6.45, 7) is 0. The molecule has 116 valence electrons. The van der Waals surface area contributed by atoms with E-state index in [0.717, 1.165) is 44.9 Å². The predicted octanol–water partition coefficient (Wildman–Crippen LogP) is 2.61. The largest absolute Gasteiger partial charge is 0.302 e.